The van der Waals surface area contributed by atoms with Gasteiger partial charge in [0.2, 0.25) is 5.88 Å². The predicted molar refractivity (Wildman–Crippen MR) is 149 cm³/mol. The summed E-state index contributed by atoms with van der Waals surface area (Å²) in [4.78, 5) is 31.9. The molecule has 4 aromatic rings. The highest BCUT2D eigenvalue weighted by Gasteiger charge is 2.13. The van der Waals surface area contributed by atoms with Gasteiger partial charge in [0.25, 0.3) is 11.2 Å². The fourth-order valence-electron chi connectivity index (χ4n) is 3.06. The third-order valence-electron chi connectivity index (χ3n) is 4.67. The van der Waals surface area contributed by atoms with Crippen molar-refractivity contribution in [2.24, 2.45) is 5.10 Å². The summed E-state index contributed by atoms with van der Waals surface area (Å²) in [6.45, 7) is 1.92. The average molecular weight is 746 g/mol. The zero-order valence-electron chi connectivity index (χ0n) is 17.4. The number of aromatic nitrogens is 3. The molecule has 0 aliphatic rings. The van der Waals surface area contributed by atoms with Crippen molar-refractivity contribution in [1.29, 1.82) is 0 Å². The Bertz CT molecular complexity index is 1480. The number of nitrogens with zero attached hydrogens (tertiary/aromatic N) is 5. The second-order valence-corrected chi connectivity index (χ2v) is 10.2. The van der Waals surface area contributed by atoms with Crippen LogP contribution in [0.15, 0.2) is 63.0 Å². The maximum atomic E-state index is 13.1. The van der Waals surface area contributed by atoms with Gasteiger partial charge in [-0.2, -0.15) is 9.78 Å². The number of pyridine rings is 1. The van der Waals surface area contributed by atoms with E-state index in [0.29, 0.717) is 28.9 Å². The smallest absolute Gasteiger partial charge is 0.287 e. The molecule has 2 heterocycles. The summed E-state index contributed by atoms with van der Waals surface area (Å²) in [7, 11) is 0. The van der Waals surface area contributed by atoms with Gasteiger partial charge in [-0.1, -0.05) is 22.9 Å². The lowest BCUT2D eigenvalue weighted by molar-refractivity contribution is -0.385. The number of ether oxygens (including phenoxy) is 1. The molecular weight excluding hydrogens is 732 g/mol. The molecule has 0 aliphatic heterocycles. The lowest BCUT2D eigenvalue weighted by atomic mass is 10.2. The number of hydrogen-bond acceptors (Lipinski definition) is 7. The van der Waals surface area contributed by atoms with Crippen LogP contribution in [0.25, 0.3) is 10.9 Å². The molecular formula is C22H14BrI2N5O4. The molecule has 12 heteroatoms. The van der Waals surface area contributed by atoms with Gasteiger partial charge in [-0.3, -0.25) is 14.9 Å². The molecule has 0 N–H and O–H groups in total. The van der Waals surface area contributed by atoms with Crippen molar-refractivity contribution in [3.8, 4) is 11.6 Å². The van der Waals surface area contributed by atoms with E-state index in [1.54, 1.807) is 18.3 Å². The van der Waals surface area contributed by atoms with Gasteiger partial charge < -0.3 is 4.74 Å². The minimum Gasteiger partial charge on any atom is -0.437 e. The largest absolute Gasteiger partial charge is 0.437 e. The van der Waals surface area contributed by atoms with Gasteiger partial charge in [-0.25, -0.2) is 9.97 Å². The molecule has 0 spiro atoms. The third-order valence-corrected chi connectivity index (χ3v) is 6.77. The molecule has 9 nitrogen and oxygen atoms in total. The van der Waals surface area contributed by atoms with Crippen LogP contribution in [0.4, 0.5) is 5.69 Å². The number of hydrogen-bond donors (Lipinski definition) is 0. The first-order valence-electron chi connectivity index (χ1n) is 9.79. The highest BCUT2D eigenvalue weighted by Crippen LogP contribution is 2.32. The number of halogens is 3. The number of fused-ring (bicyclic) bond motifs is 1. The fourth-order valence-corrected chi connectivity index (χ4v) is 5.46. The van der Waals surface area contributed by atoms with Gasteiger partial charge in [0.15, 0.2) is 5.75 Å². The highest BCUT2D eigenvalue weighted by molar-refractivity contribution is 14.1. The predicted octanol–water partition coefficient (Wildman–Crippen LogP) is 5.91. The molecule has 172 valence electrons. The first-order chi connectivity index (χ1) is 16.3. The van der Waals surface area contributed by atoms with Crippen molar-refractivity contribution >= 4 is 83.9 Å². The number of benzene rings is 2. The van der Waals surface area contributed by atoms with E-state index >= 15 is 0 Å². The Hall–Kier alpha value is -2.46. The van der Waals surface area contributed by atoms with Crippen LogP contribution in [0.3, 0.4) is 0 Å². The summed E-state index contributed by atoms with van der Waals surface area (Å²) in [5, 5.41) is 15.7. The molecule has 0 atom stereocenters. The van der Waals surface area contributed by atoms with Gasteiger partial charge >= 0.3 is 0 Å². The molecule has 0 aliphatic carbocycles. The van der Waals surface area contributed by atoms with E-state index in [2.05, 4.69) is 76.2 Å². The van der Waals surface area contributed by atoms with Crippen molar-refractivity contribution in [1.82, 2.24) is 14.6 Å². The van der Waals surface area contributed by atoms with Crippen LogP contribution >= 0.6 is 61.1 Å². The summed E-state index contributed by atoms with van der Waals surface area (Å²) in [6.07, 6.45) is 3.29. The van der Waals surface area contributed by atoms with E-state index in [1.807, 2.05) is 25.1 Å². The van der Waals surface area contributed by atoms with Crippen LogP contribution in [-0.4, -0.2) is 25.8 Å². The minimum atomic E-state index is -0.516. The zero-order valence-corrected chi connectivity index (χ0v) is 23.3. The van der Waals surface area contributed by atoms with Crippen LogP contribution in [0, 0.1) is 17.3 Å². The highest BCUT2D eigenvalue weighted by atomic mass is 127. The summed E-state index contributed by atoms with van der Waals surface area (Å²) in [5.74, 6) is 1.38. The molecule has 0 saturated carbocycles. The molecule has 2 aromatic carbocycles. The van der Waals surface area contributed by atoms with Gasteiger partial charge in [0, 0.05) is 23.0 Å². The van der Waals surface area contributed by atoms with Crippen LogP contribution in [0.5, 0.6) is 11.6 Å². The molecule has 0 fully saturated rings. The van der Waals surface area contributed by atoms with E-state index in [9.17, 15) is 14.9 Å². The number of nitro groups is 1. The first kappa shape index (κ1) is 24.7. The summed E-state index contributed by atoms with van der Waals surface area (Å²) in [6, 6.07) is 11.9. The lowest BCUT2D eigenvalue weighted by Gasteiger charge is -2.10. The van der Waals surface area contributed by atoms with Gasteiger partial charge in [-0.05, 0) is 81.1 Å². The Balaban J connectivity index is 1.66. The standard InChI is InChI=1S/C22H14BrI2N5O4/c1-2-19-28-18-5-3-13(23)9-15(18)22(31)29(19)27-10-12-7-16(24)21(17(25)8-12)34-20-6-4-14(11-26-20)30(32)33/h3-11H,2H2,1H3. The topological polar surface area (TPSA) is 113 Å². The zero-order chi connectivity index (χ0) is 24.4. The normalized spacial score (nSPS) is 11.3. The molecule has 0 amide bonds. The SMILES string of the molecule is CCc1nc2ccc(Br)cc2c(=O)n1N=Cc1cc(I)c(Oc2ccc([N+](=O)[O-])cn2)c(I)c1. The van der Waals surface area contributed by atoms with Crippen LogP contribution < -0.4 is 10.3 Å². The van der Waals surface area contributed by atoms with Crippen LogP contribution in [-0.2, 0) is 6.42 Å². The van der Waals surface area contributed by atoms with Gasteiger partial charge in [0.1, 0.15) is 12.0 Å². The Morgan fingerprint density at radius 2 is 1.94 bits per heavy atom. The Labute approximate surface area is 228 Å². The molecule has 4 rings (SSSR count). The molecule has 34 heavy (non-hydrogen) atoms. The molecule has 0 saturated heterocycles. The van der Waals surface area contributed by atoms with E-state index in [1.165, 1.54) is 16.8 Å². The fraction of sp³-hybridized carbons (Fsp3) is 0.0909. The lowest BCUT2D eigenvalue weighted by Crippen LogP contribution is -2.22. The molecule has 0 radical (unpaired) electrons. The van der Waals surface area contributed by atoms with Crippen molar-refractivity contribution < 1.29 is 9.66 Å². The van der Waals surface area contributed by atoms with E-state index in [-0.39, 0.29) is 17.1 Å². The van der Waals surface area contributed by atoms with Crippen molar-refractivity contribution in [3.05, 3.63) is 92.1 Å². The van der Waals surface area contributed by atoms with Gasteiger partial charge in [-0.15, -0.1) is 0 Å². The molecule has 0 unspecified atom stereocenters. The van der Waals surface area contributed by atoms with Crippen LogP contribution in [0.1, 0.15) is 18.3 Å². The Kier molecular flexibility index (Phi) is 7.57. The number of rotatable bonds is 6. The summed E-state index contributed by atoms with van der Waals surface area (Å²) < 4.78 is 9.53. The van der Waals surface area contributed by atoms with E-state index in [4.69, 9.17) is 4.74 Å². The monoisotopic (exact) mass is 745 g/mol. The van der Waals surface area contributed by atoms with Crippen LogP contribution in [0.2, 0.25) is 0 Å². The average Bonchev–Trinajstić information content (AvgIpc) is 2.81. The maximum absolute atomic E-state index is 13.1. The second-order valence-electron chi connectivity index (χ2n) is 6.93. The Morgan fingerprint density at radius 3 is 2.56 bits per heavy atom. The quantitative estimate of drug-likeness (QED) is 0.105. The molecule has 0 bridgehead atoms. The number of aryl methyl sites for hydroxylation is 1. The van der Waals surface area contributed by atoms with Gasteiger partial charge in [0.05, 0.1) is 29.2 Å². The molecule has 2 aromatic heterocycles. The van der Waals surface area contributed by atoms with Crippen molar-refractivity contribution in [3.63, 3.8) is 0 Å². The van der Waals surface area contributed by atoms with Crippen molar-refractivity contribution in [2.75, 3.05) is 0 Å². The second kappa shape index (κ2) is 10.4. The first-order valence-corrected chi connectivity index (χ1v) is 12.7. The minimum absolute atomic E-state index is 0.111. The van der Waals surface area contributed by atoms with E-state index in [0.717, 1.165) is 23.4 Å². The third kappa shape index (κ3) is 5.27. The summed E-state index contributed by atoms with van der Waals surface area (Å²) in [5.41, 5.74) is 1.04. The van der Waals surface area contributed by atoms with Crippen molar-refractivity contribution in [2.45, 2.75) is 13.3 Å². The van der Waals surface area contributed by atoms with E-state index < -0.39 is 4.92 Å². The summed E-state index contributed by atoms with van der Waals surface area (Å²) >= 11 is 7.66. The maximum Gasteiger partial charge on any atom is 0.287 e. The Morgan fingerprint density at radius 1 is 1.21 bits per heavy atom.